The van der Waals surface area contributed by atoms with Gasteiger partial charge in [0, 0.05) is 57.3 Å². The highest BCUT2D eigenvalue weighted by atomic mass is 35.5. The number of anilines is 1. The minimum Gasteiger partial charge on any atom is -0.508 e. The van der Waals surface area contributed by atoms with Crippen molar-refractivity contribution in [1.82, 2.24) is 20.0 Å². The zero-order chi connectivity index (χ0) is 51.4. The summed E-state index contributed by atoms with van der Waals surface area (Å²) in [5.74, 6) is -0.604. The number of alkyl halides is 1. The Kier molecular flexibility index (Phi) is 21.0. The number of phenolic OH excluding ortho intramolecular Hbond substituents is 2. The molecule has 0 radical (unpaired) electrons. The Hall–Kier alpha value is -6.38. The van der Waals surface area contributed by atoms with Crippen molar-refractivity contribution in [2.75, 3.05) is 123 Å². The predicted octanol–water partition coefficient (Wildman–Crippen LogP) is 5.20. The Morgan fingerprint density at radius 3 is 1.79 bits per heavy atom. The molecular formula is C54H64ClN5O13. The van der Waals surface area contributed by atoms with Crippen LogP contribution in [0.3, 0.4) is 0 Å². The van der Waals surface area contributed by atoms with Gasteiger partial charge in [-0.1, -0.05) is 42.5 Å². The number of nitrogens with zero attached hydrogens (tertiary/aromatic N) is 3. The van der Waals surface area contributed by atoms with Crippen molar-refractivity contribution in [3.63, 3.8) is 0 Å². The van der Waals surface area contributed by atoms with Crippen LogP contribution in [0.5, 0.6) is 17.2 Å². The number of hydrogen-bond acceptors (Lipinski definition) is 15. The van der Waals surface area contributed by atoms with Gasteiger partial charge in [-0.05, 0) is 89.2 Å². The van der Waals surface area contributed by atoms with Crippen LogP contribution in [0.1, 0.15) is 63.1 Å². The van der Waals surface area contributed by atoms with Gasteiger partial charge in [0.1, 0.15) is 29.9 Å². The number of rotatable bonds is 29. The van der Waals surface area contributed by atoms with Crippen molar-refractivity contribution in [2.45, 2.75) is 31.7 Å². The lowest BCUT2D eigenvalue weighted by atomic mass is 9.88. The van der Waals surface area contributed by atoms with E-state index >= 15 is 0 Å². The molecule has 18 nitrogen and oxygen atoms in total. The maximum atomic E-state index is 13.2. The molecule has 1 atom stereocenters. The first-order valence-electron chi connectivity index (χ1n) is 24.7. The van der Waals surface area contributed by atoms with Gasteiger partial charge >= 0.3 is 0 Å². The number of fused-ring (bicyclic) bond motifs is 1. The van der Waals surface area contributed by atoms with Gasteiger partial charge in [0.25, 0.3) is 11.8 Å². The monoisotopic (exact) mass is 1030 g/mol. The lowest BCUT2D eigenvalue weighted by Gasteiger charge is -2.34. The quantitative estimate of drug-likeness (QED) is 0.0238. The molecule has 4 N–H and O–H groups in total. The Bertz CT molecular complexity index is 2500. The first-order chi connectivity index (χ1) is 35.6. The Balaban J connectivity index is 0.671. The fourth-order valence-electron chi connectivity index (χ4n) is 8.76. The number of allylic oxidation sites excluding steroid dienone is 1. The number of aromatic hydroxyl groups is 2. The lowest BCUT2D eigenvalue weighted by Crippen LogP contribution is -2.54. The van der Waals surface area contributed by atoms with E-state index in [1.54, 1.807) is 42.5 Å². The molecule has 0 bridgehead atoms. The number of carbonyl (C=O) groups excluding carboxylic acids is 5. The predicted molar refractivity (Wildman–Crippen MR) is 273 cm³/mol. The summed E-state index contributed by atoms with van der Waals surface area (Å²) in [7, 11) is 0. The molecule has 0 spiro atoms. The summed E-state index contributed by atoms with van der Waals surface area (Å²) >= 11 is 6.29. The number of nitrogens with one attached hydrogen (secondary N) is 2. The third-order valence-corrected chi connectivity index (χ3v) is 12.7. The maximum Gasteiger partial charge on any atom is 0.264 e. The van der Waals surface area contributed by atoms with Gasteiger partial charge in [-0.3, -0.25) is 39.1 Å². The molecule has 3 aliphatic heterocycles. The fourth-order valence-corrected chi connectivity index (χ4v) is 8.95. The molecule has 1 unspecified atom stereocenters. The number of carbonyl (C=O) groups is 5. The first-order valence-corrected chi connectivity index (χ1v) is 25.2. The van der Waals surface area contributed by atoms with E-state index in [1.165, 1.54) is 0 Å². The normalized spacial score (nSPS) is 16.4. The van der Waals surface area contributed by atoms with Crippen LogP contribution in [-0.4, -0.2) is 178 Å². The first kappa shape index (κ1) is 54.4. The summed E-state index contributed by atoms with van der Waals surface area (Å²) in [5.41, 5.74) is 5.74. The van der Waals surface area contributed by atoms with E-state index in [1.807, 2.05) is 53.4 Å². The van der Waals surface area contributed by atoms with E-state index in [0.29, 0.717) is 117 Å². The topological polar surface area (TPSA) is 215 Å². The summed E-state index contributed by atoms with van der Waals surface area (Å²) < 4.78 is 34.1. The van der Waals surface area contributed by atoms with Crippen molar-refractivity contribution in [3.8, 4) is 17.2 Å². The Morgan fingerprint density at radius 2 is 1.21 bits per heavy atom. The molecule has 3 aliphatic rings. The van der Waals surface area contributed by atoms with Gasteiger partial charge in [0.05, 0.1) is 83.6 Å². The molecule has 2 saturated heterocycles. The molecule has 19 heteroatoms. The molecule has 73 heavy (non-hydrogen) atoms. The third-order valence-electron chi connectivity index (χ3n) is 12.5. The summed E-state index contributed by atoms with van der Waals surface area (Å²) in [6.45, 7) is 8.15. The van der Waals surface area contributed by atoms with Crippen molar-refractivity contribution < 1.29 is 62.6 Å². The van der Waals surface area contributed by atoms with Crippen LogP contribution in [0.4, 0.5) is 5.69 Å². The SMILES string of the molecule is O=C1CCC(N2C(=O)c3cccc(NCCOCCOCCOCCOCCOCCC(=O)N4CCN(CCOc5ccc(C(=C(CCCl)c6ccc(O)cc6)c6ccc(O)cc6)cc5)CC4)c3C2=O)C(=O)N1. The second kappa shape index (κ2) is 28.2. The van der Waals surface area contributed by atoms with Crippen molar-refractivity contribution in [1.29, 1.82) is 0 Å². The summed E-state index contributed by atoms with van der Waals surface area (Å²) in [6.07, 6.45) is 1.06. The molecule has 7 rings (SSSR count). The highest BCUT2D eigenvalue weighted by Gasteiger charge is 2.45. The second-order valence-electron chi connectivity index (χ2n) is 17.4. The summed E-state index contributed by atoms with van der Waals surface area (Å²) in [5, 5.41) is 25.2. The molecule has 3 heterocycles. The Labute approximate surface area is 430 Å². The summed E-state index contributed by atoms with van der Waals surface area (Å²) in [4.78, 5) is 68.1. The largest absolute Gasteiger partial charge is 0.508 e. The van der Waals surface area contributed by atoms with Crippen LogP contribution in [0.15, 0.2) is 91.0 Å². The van der Waals surface area contributed by atoms with E-state index in [0.717, 1.165) is 58.1 Å². The van der Waals surface area contributed by atoms with Crippen LogP contribution >= 0.6 is 11.6 Å². The fraction of sp³-hybridized carbons (Fsp3) is 0.426. The molecule has 5 amide bonds. The van der Waals surface area contributed by atoms with Crippen molar-refractivity contribution in [2.24, 2.45) is 0 Å². The van der Waals surface area contributed by atoms with Gasteiger partial charge in [-0.15, -0.1) is 11.6 Å². The third kappa shape index (κ3) is 15.6. The number of imide groups is 2. The molecule has 0 aliphatic carbocycles. The standard InChI is InChI=1S/C54H64ClN5O13/c55-20-18-44(38-4-10-41(61)11-5-38)50(39-6-12-42(62)13-7-39)40-8-14-43(15-9-40)73-29-26-58-22-24-59(25-23-58)49(64)19-27-68-30-32-70-34-36-72-37-35-71-33-31-69-28-21-56-46-3-1-2-45-51(46)54(67)60(53(45)66)47-16-17-48(63)57-52(47)65/h1-15,47,56,61-62H,16-37H2,(H,57,63,65). The molecule has 4 aromatic carbocycles. The van der Waals surface area contributed by atoms with E-state index in [9.17, 15) is 34.2 Å². The number of halogens is 1. The molecular weight excluding hydrogens is 962 g/mol. The number of piperidine rings is 1. The number of amides is 5. The average Bonchev–Trinajstić information content (AvgIpc) is 3.65. The van der Waals surface area contributed by atoms with E-state index in [-0.39, 0.29) is 41.4 Å². The van der Waals surface area contributed by atoms with E-state index in [4.69, 9.17) is 40.0 Å². The van der Waals surface area contributed by atoms with E-state index in [2.05, 4.69) is 15.5 Å². The molecule has 4 aromatic rings. The maximum absolute atomic E-state index is 13.2. The second-order valence-corrected chi connectivity index (χ2v) is 17.8. The minimum absolute atomic E-state index is 0.0556. The summed E-state index contributed by atoms with van der Waals surface area (Å²) in [6, 6.07) is 26.0. The van der Waals surface area contributed by atoms with E-state index < -0.39 is 29.7 Å². The number of piperazine rings is 1. The highest BCUT2D eigenvalue weighted by molar-refractivity contribution is 6.25. The highest BCUT2D eigenvalue weighted by Crippen LogP contribution is 2.37. The van der Waals surface area contributed by atoms with Crippen molar-refractivity contribution in [3.05, 3.63) is 119 Å². The molecule has 0 saturated carbocycles. The van der Waals surface area contributed by atoms with Crippen LogP contribution in [0.25, 0.3) is 11.1 Å². The average molecular weight is 1030 g/mol. The van der Waals surface area contributed by atoms with Gasteiger partial charge in [-0.2, -0.15) is 0 Å². The Morgan fingerprint density at radius 1 is 0.644 bits per heavy atom. The van der Waals surface area contributed by atoms with Crippen LogP contribution in [0.2, 0.25) is 0 Å². The molecule has 0 aromatic heterocycles. The van der Waals surface area contributed by atoms with Gasteiger partial charge in [0.2, 0.25) is 17.7 Å². The lowest BCUT2D eigenvalue weighted by molar-refractivity contribution is -0.136. The zero-order valence-corrected chi connectivity index (χ0v) is 41.7. The number of hydrogen-bond donors (Lipinski definition) is 4. The zero-order valence-electron chi connectivity index (χ0n) is 40.9. The smallest absolute Gasteiger partial charge is 0.264 e. The van der Waals surface area contributed by atoms with Crippen molar-refractivity contribution >= 4 is 58.0 Å². The van der Waals surface area contributed by atoms with Crippen LogP contribution < -0.4 is 15.4 Å². The van der Waals surface area contributed by atoms with Crippen LogP contribution in [-0.2, 0) is 38.1 Å². The van der Waals surface area contributed by atoms with Gasteiger partial charge in [0.15, 0.2) is 0 Å². The number of phenols is 2. The number of ether oxygens (including phenoxy) is 6. The number of benzene rings is 4. The van der Waals surface area contributed by atoms with Gasteiger partial charge < -0.3 is 48.9 Å². The van der Waals surface area contributed by atoms with Gasteiger partial charge in [-0.25, -0.2) is 0 Å². The molecule has 390 valence electrons. The minimum atomic E-state index is -1.02. The molecule has 2 fully saturated rings. The van der Waals surface area contributed by atoms with Crippen LogP contribution in [0, 0.1) is 0 Å².